The van der Waals surface area contributed by atoms with Gasteiger partial charge in [0.15, 0.2) is 0 Å². The van der Waals surface area contributed by atoms with E-state index in [1.165, 1.54) is 0 Å². The molecular weight excluding hydrogens is 336 g/mol. The summed E-state index contributed by atoms with van der Waals surface area (Å²) < 4.78 is 10.6. The summed E-state index contributed by atoms with van der Waals surface area (Å²) in [7, 11) is 0. The fourth-order valence-corrected chi connectivity index (χ4v) is 2.83. The van der Waals surface area contributed by atoms with E-state index in [9.17, 15) is 9.59 Å². The van der Waals surface area contributed by atoms with E-state index in [-0.39, 0.29) is 18.2 Å². The lowest BCUT2D eigenvalue weighted by molar-refractivity contribution is -0.134. The molecule has 3 heterocycles. The Labute approximate surface area is 151 Å². The Hall–Kier alpha value is -2.87. The summed E-state index contributed by atoms with van der Waals surface area (Å²) in [5.74, 6) is 0.347. The lowest BCUT2D eigenvalue weighted by Gasteiger charge is -2.34. The van der Waals surface area contributed by atoms with Crippen LogP contribution in [-0.2, 0) is 16.1 Å². The van der Waals surface area contributed by atoms with Gasteiger partial charge < -0.3 is 19.8 Å². The Balaban J connectivity index is 1.45. The molecule has 0 aromatic carbocycles. The number of amides is 2. The molecule has 3 rings (SSSR count). The molecule has 0 saturated carbocycles. The number of hydrogen-bond donors (Lipinski definition) is 2. The zero-order chi connectivity index (χ0) is 18.2. The van der Waals surface area contributed by atoms with E-state index in [4.69, 9.17) is 9.15 Å². The van der Waals surface area contributed by atoms with Gasteiger partial charge in [0, 0.05) is 31.4 Å². The number of aromatic nitrogens is 1. The topological polar surface area (TPSA) is 96.7 Å². The predicted octanol–water partition coefficient (Wildman–Crippen LogP) is 0.560. The molecule has 8 heteroatoms. The molecule has 8 nitrogen and oxygen atoms in total. The van der Waals surface area contributed by atoms with Crippen molar-refractivity contribution in [1.29, 1.82) is 0 Å². The van der Waals surface area contributed by atoms with E-state index < -0.39 is 6.04 Å². The fourth-order valence-electron chi connectivity index (χ4n) is 2.83. The second-order valence-electron chi connectivity index (χ2n) is 6.00. The van der Waals surface area contributed by atoms with Crippen molar-refractivity contribution in [2.24, 2.45) is 0 Å². The van der Waals surface area contributed by atoms with E-state index in [0.29, 0.717) is 38.5 Å². The van der Waals surface area contributed by atoms with Gasteiger partial charge in [0.05, 0.1) is 37.7 Å². The van der Waals surface area contributed by atoms with Crippen LogP contribution >= 0.6 is 0 Å². The molecule has 1 fully saturated rings. The Bertz CT molecular complexity index is 705. The van der Waals surface area contributed by atoms with Crippen molar-refractivity contribution in [2.45, 2.75) is 19.0 Å². The zero-order valence-electron chi connectivity index (χ0n) is 14.4. The normalized spacial score (nSPS) is 17.5. The van der Waals surface area contributed by atoms with Crippen LogP contribution < -0.4 is 15.4 Å². The summed E-state index contributed by atoms with van der Waals surface area (Å²) in [5.41, 5.74) is 0.981. The van der Waals surface area contributed by atoms with Gasteiger partial charge in [-0.05, 0) is 18.2 Å². The third kappa shape index (κ3) is 5.06. The van der Waals surface area contributed by atoms with Gasteiger partial charge in [-0.1, -0.05) is 0 Å². The van der Waals surface area contributed by atoms with E-state index >= 15 is 0 Å². The molecule has 1 saturated heterocycles. The first-order chi connectivity index (χ1) is 12.7. The molecule has 1 atom stereocenters. The first kappa shape index (κ1) is 17.9. The Kier molecular flexibility index (Phi) is 6.21. The van der Waals surface area contributed by atoms with Gasteiger partial charge in [-0.3, -0.25) is 19.5 Å². The largest absolute Gasteiger partial charge is 0.490 e. The Morgan fingerprint density at radius 1 is 1.46 bits per heavy atom. The van der Waals surface area contributed by atoms with E-state index in [2.05, 4.69) is 15.6 Å². The standard InChI is InChI=1S/C18H22N4O4/c23-17(20-6-9-26-15-2-1-4-19-11-15)10-16-18(24)21-5-7-22(16)12-14-3-8-25-13-14/h1-4,8,11,13,16H,5-7,9-10,12H2,(H,20,23)(H,21,24)/t16-/m1/s1. The second-order valence-corrected chi connectivity index (χ2v) is 6.00. The summed E-state index contributed by atoms with van der Waals surface area (Å²) in [5, 5.41) is 5.61. The van der Waals surface area contributed by atoms with Crippen molar-refractivity contribution < 1.29 is 18.7 Å². The number of piperazine rings is 1. The van der Waals surface area contributed by atoms with Crippen LogP contribution in [0.4, 0.5) is 0 Å². The summed E-state index contributed by atoms with van der Waals surface area (Å²) in [6.45, 7) is 2.55. The van der Waals surface area contributed by atoms with Crippen LogP contribution in [-0.4, -0.2) is 54.0 Å². The highest BCUT2D eigenvalue weighted by atomic mass is 16.5. The smallest absolute Gasteiger partial charge is 0.237 e. The van der Waals surface area contributed by atoms with Crippen molar-refractivity contribution in [3.05, 3.63) is 48.7 Å². The number of carbonyl (C=O) groups excluding carboxylic acids is 2. The third-order valence-corrected chi connectivity index (χ3v) is 4.11. The number of furan rings is 1. The van der Waals surface area contributed by atoms with Crippen molar-refractivity contribution in [1.82, 2.24) is 20.5 Å². The molecule has 1 aliphatic heterocycles. The van der Waals surface area contributed by atoms with Crippen LogP contribution in [0.3, 0.4) is 0 Å². The number of ether oxygens (including phenoxy) is 1. The molecule has 138 valence electrons. The average molecular weight is 358 g/mol. The molecule has 1 aliphatic rings. The lowest BCUT2D eigenvalue weighted by Crippen LogP contribution is -2.56. The molecule has 2 aromatic rings. The summed E-state index contributed by atoms with van der Waals surface area (Å²) in [6.07, 6.45) is 6.64. The minimum absolute atomic E-state index is 0.108. The molecule has 26 heavy (non-hydrogen) atoms. The van der Waals surface area contributed by atoms with Gasteiger partial charge in [-0.2, -0.15) is 0 Å². The van der Waals surface area contributed by atoms with Gasteiger partial charge in [0.25, 0.3) is 0 Å². The number of pyridine rings is 1. The average Bonchev–Trinajstić information content (AvgIpc) is 3.16. The predicted molar refractivity (Wildman–Crippen MR) is 93.3 cm³/mol. The molecular formula is C18H22N4O4. The van der Waals surface area contributed by atoms with Gasteiger partial charge in [-0.25, -0.2) is 0 Å². The fraction of sp³-hybridized carbons (Fsp3) is 0.389. The molecule has 2 N–H and O–H groups in total. The van der Waals surface area contributed by atoms with E-state index in [1.54, 1.807) is 37.1 Å². The van der Waals surface area contributed by atoms with Crippen molar-refractivity contribution >= 4 is 11.8 Å². The van der Waals surface area contributed by atoms with Crippen LogP contribution in [0.2, 0.25) is 0 Å². The first-order valence-electron chi connectivity index (χ1n) is 8.55. The first-order valence-corrected chi connectivity index (χ1v) is 8.55. The highest BCUT2D eigenvalue weighted by Gasteiger charge is 2.31. The SMILES string of the molecule is O=C(C[C@@H]1C(=O)NCCN1Cc1ccoc1)NCCOc1cccnc1. The summed E-state index contributed by atoms with van der Waals surface area (Å²) in [4.78, 5) is 30.4. The summed E-state index contributed by atoms with van der Waals surface area (Å²) in [6, 6.07) is 4.95. The van der Waals surface area contributed by atoms with Crippen LogP contribution in [0.5, 0.6) is 5.75 Å². The van der Waals surface area contributed by atoms with E-state index in [1.807, 2.05) is 11.0 Å². The maximum absolute atomic E-state index is 12.2. The van der Waals surface area contributed by atoms with Crippen molar-refractivity contribution in [2.75, 3.05) is 26.2 Å². The van der Waals surface area contributed by atoms with Gasteiger partial charge in [-0.15, -0.1) is 0 Å². The molecule has 0 spiro atoms. The number of hydrogen-bond acceptors (Lipinski definition) is 6. The number of carbonyl (C=O) groups is 2. The number of nitrogens with zero attached hydrogens (tertiary/aromatic N) is 2. The highest BCUT2D eigenvalue weighted by molar-refractivity contribution is 5.88. The molecule has 0 bridgehead atoms. The van der Waals surface area contributed by atoms with Crippen LogP contribution in [0, 0.1) is 0 Å². The maximum atomic E-state index is 12.2. The third-order valence-electron chi connectivity index (χ3n) is 4.11. The Morgan fingerprint density at radius 2 is 2.38 bits per heavy atom. The number of nitrogens with one attached hydrogen (secondary N) is 2. The van der Waals surface area contributed by atoms with Gasteiger partial charge in [0.1, 0.15) is 12.4 Å². The Morgan fingerprint density at radius 3 is 3.15 bits per heavy atom. The minimum Gasteiger partial charge on any atom is -0.490 e. The lowest BCUT2D eigenvalue weighted by atomic mass is 10.1. The summed E-state index contributed by atoms with van der Waals surface area (Å²) >= 11 is 0. The van der Waals surface area contributed by atoms with E-state index in [0.717, 1.165) is 5.56 Å². The highest BCUT2D eigenvalue weighted by Crippen LogP contribution is 2.14. The molecule has 2 amide bonds. The van der Waals surface area contributed by atoms with Crippen LogP contribution in [0.25, 0.3) is 0 Å². The molecule has 0 radical (unpaired) electrons. The second kappa shape index (κ2) is 9.00. The van der Waals surface area contributed by atoms with Crippen LogP contribution in [0.1, 0.15) is 12.0 Å². The molecule has 0 unspecified atom stereocenters. The monoisotopic (exact) mass is 358 g/mol. The number of rotatable bonds is 8. The van der Waals surface area contributed by atoms with Gasteiger partial charge >= 0.3 is 0 Å². The maximum Gasteiger partial charge on any atom is 0.237 e. The minimum atomic E-state index is -0.488. The molecule has 0 aliphatic carbocycles. The van der Waals surface area contributed by atoms with Crippen LogP contribution in [0.15, 0.2) is 47.5 Å². The molecule has 2 aromatic heterocycles. The quantitative estimate of drug-likeness (QED) is 0.670. The van der Waals surface area contributed by atoms with Crippen molar-refractivity contribution in [3.63, 3.8) is 0 Å². The zero-order valence-corrected chi connectivity index (χ0v) is 14.4. The van der Waals surface area contributed by atoms with Gasteiger partial charge in [0.2, 0.25) is 11.8 Å². The van der Waals surface area contributed by atoms with Crippen molar-refractivity contribution in [3.8, 4) is 5.75 Å².